The van der Waals surface area contributed by atoms with Crippen LogP contribution in [0.15, 0.2) is 42.5 Å². The van der Waals surface area contributed by atoms with Crippen molar-refractivity contribution in [1.82, 2.24) is 0 Å². The molecule has 2 aromatic rings. The molecule has 0 unspecified atom stereocenters. The van der Waals surface area contributed by atoms with E-state index in [0.29, 0.717) is 11.4 Å². The van der Waals surface area contributed by atoms with Crippen molar-refractivity contribution in [2.24, 2.45) is 0 Å². The van der Waals surface area contributed by atoms with Crippen LogP contribution in [-0.2, 0) is 0 Å². The Balaban J connectivity index is 2.23. The zero-order valence-corrected chi connectivity index (χ0v) is 11.6. The fraction of sp³-hybridized carbons (Fsp3) is 0.250. The molecule has 0 aliphatic rings. The molecule has 2 rings (SSSR count). The molecule has 2 aromatic carbocycles. The van der Waals surface area contributed by atoms with Crippen molar-refractivity contribution < 1.29 is 4.74 Å². The second-order valence-corrected chi connectivity index (χ2v) is 4.88. The van der Waals surface area contributed by atoms with E-state index in [1.165, 1.54) is 5.56 Å². The Morgan fingerprint density at radius 3 is 2.37 bits per heavy atom. The maximum absolute atomic E-state index is 6.12. The number of benzene rings is 2. The minimum atomic E-state index is 0.108. The summed E-state index contributed by atoms with van der Waals surface area (Å²) in [5.41, 5.74) is 9.87. The topological polar surface area (TPSA) is 47.3 Å². The lowest BCUT2D eigenvalue weighted by Crippen LogP contribution is -2.08. The Kier molecular flexibility index (Phi) is 3.95. The van der Waals surface area contributed by atoms with Gasteiger partial charge in [0.2, 0.25) is 0 Å². The third-order valence-electron chi connectivity index (χ3n) is 2.76. The number of rotatable bonds is 4. The Labute approximate surface area is 114 Å². The van der Waals surface area contributed by atoms with Gasteiger partial charge in [0.25, 0.3) is 0 Å². The molecule has 3 heteroatoms. The summed E-state index contributed by atoms with van der Waals surface area (Å²) >= 11 is 0. The molecule has 3 nitrogen and oxygen atoms in total. The fourth-order valence-corrected chi connectivity index (χ4v) is 1.80. The van der Waals surface area contributed by atoms with Crippen molar-refractivity contribution in [3.63, 3.8) is 0 Å². The van der Waals surface area contributed by atoms with Crippen LogP contribution in [0.4, 0.5) is 17.1 Å². The highest BCUT2D eigenvalue weighted by molar-refractivity contribution is 5.77. The van der Waals surface area contributed by atoms with E-state index in [0.717, 1.165) is 11.4 Å². The van der Waals surface area contributed by atoms with Crippen molar-refractivity contribution in [1.29, 1.82) is 0 Å². The van der Waals surface area contributed by atoms with Crippen LogP contribution in [0.25, 0.3) is 0 Å². The van der Waals surface area contributed by atoms with Gasteiger partial charge in [-0.1, -0.05) is 23.8 Å². The molecule has 0 atom stereocenters. The number of aryl methyl sites for hydroxylation is 1. The minimum Gasteiger partial charge on any atom is -0.489 e. The predicted octanol–water partition coefficient (Wildman–Crippen LogP) is 4.11. The summed E-state index contributed by atoms with van der Waals surface area (Å²) in [7, 11) is 0. The van der Waals surface area contributed by atoms with Gasteiger partial charge in [-0.25, -0.2) is 0 Å². The smallest absolute Gasteiger partial charge is 0.144 e. The van der Waals surface area contributed by atoms with Gasteiger partial charge in [-0.15, -0.1) is 0 Å². The quantitative estimate of drug-likeness (QED) is 0.809. The molecule has 0 bridgehead atoms. The van der Waals surface area contributed by atoms with Gasteiger partial charge < -0.3 is 15.8 Å². The molecule has 0 amide bonds. The minimum absolute atomic E-state index is 0.108. The Morgan fingerprint density at radius 1 is 1.05 bits per heavy atom. The molecular formula is C16H20N2O. The molecule has 0 aliphatic heterocycles. The molecule has 0 saturated carbocycles. The molecule has 19 heavy (non-hydrogen) atoms. The lowest BCUT2D eigenvalue weighted by Gasteiger charge is -2.15. The molecular weight excluding hydrogens is 236 g/mol. The van der Waals surface area contributed by atoms with Crippen LogP contribution in [-0.4, -0.2) is 6.10 Å². The predicted molar refractivity (Wildman–Crippen MR) is 81.1 cm³/mol. The Bertz CT molecular complexity index is 547. The highest BCUT2D eigenvalue weighted by Crippen LogP contribution is 2.32. The molecule has 0 aliphatic carbocycles. The third kappa shape index (κ3) is 3.41. The van der Waals surface area contributed by atoms with Crippen LogP contribution in [0.1, 0.15) is 19.4 Å². The van der Waals surface area contributed by atoms with E-state index < -0.39 is 0 Å². The summed E-state index contributed by atoms with van der Waals surface area (Å²) in [4.78, 5) is 0. The number of para-hydroxylation sites is 1. The molecule has 0 heterocycles. The van der Waals surface area contributed by atoms with Crippen molar-refractivity contribution in [2.75, 3.05) is 11.1 Å². The normalized spacial score (nSPS) is 10.5. The van der Waals surface area contributed by atoms with Crippen LogP contribution in [0, 0.1) is 6.92 Å². The molecule has 0 radical (unpaired) electrons. The molecule has 100 valence electrons. The molecule has 0 saturated heterocycles. The van der Waals surface area contributed by atoms with Crippen LogP contribution in [0.2, 0.25) is 0 Å². The van der Waals surface area contributed by atoms with Crippen LogP contribution < -0.4 is 15.8 Å². The summed E-state index contributed by atoms with van der Waals surface area (Å²) < 4.78 is 5.68. The first kappa shape index (κ1) is 13.3. The lowest BCUT2D eigenvalue weighted by atomic mass is 10.2. The van der Waals surface area contributed by atoms with Gasteiger partial charge >= 0.3 is 0 Å². The van der Waals surface area contributed by atoms with Crippen LogP contribution >= 0.6 is 0 Å². The second kappa shape index (κ2) is 5.65. The summed E-state index contributed by atoms with van der Waals surface area (Å²) in [6.45, 7) is 6.04. The van der Waals surface area contributed by atoms with Crippen molar-refractivity contribution in [3.05, 3.63) is 48.0 Å². The second-order valence-electron chi connectivity index (χ2n) is 4.88. The first-order chi connectivity index (χ1) is 9.06. The van der Waals surface area contributed by atoms with Crippen LogP contribution in [0.3, 0.4) is 0 Å². The molecule has 0 aromatic heterocycles. The third-order valence-corrected chi connectivity index (χ3v) is 2.76. The van der Waals surface area contributed by atoms with E-state index in [1.54, 1.807) is 0 Å². The SMILES string of the molecule is Cc1ccc(Nc2cccc(OC(C)C)c2N)cc1. The number of hydrogen-bond acceptors (Lipinski definition) is 3. The Morgan fingerprint density at radius 2 is 1.74 bits per heavy atom. The highest BCUT2D eigenvalue weighted by Gasteiger charge is 2.07. The highest BCUT2D eigenvalue weighted by atomic mass is 16.5. The van der Waals surface area contributed by atoms with E-state index in [4.69, 9.17) is 10.5 Å². The maximum Gasteiger partial charge on any atom is 0.144 e. The van der Waals surface area contributed by atoms with E-state index in [-0.39, 0.29) is 6.10 Å². The van der Waals surface area contributed by atoms with Crippen molar-refractivity contribution in [3.8, 4) is 5.75 Å². The fourth-order valence-electron chi connectivity index (χ4n) is 1.80. The van der Waals surface area contributed by atoms with Crippen molar-refractivity contribution >= 4 is 17.1 Å². The Hall–Kier alpha value is -2.16. The van der Waals surface area contributed by atoms with Gasteiger partial charge in [-0.05, 0) is 45.0 Å². The van der Waals surface area contributed by atoms with E-state index >= 15 is 0 Å². The number of nitrogens with two attached hydrogens (primary N) is 1. The number of nitrogen functional groups attached to an aromatic ring is 1. The average molecular weight is 256 g/mol. The molecule has 0 fully saturated rings. The van der Waals surface area contributed by atoms with Gasteiger partial charge in [-0.2, -0.15) is 0 Å². The van der Waals surface area contributed by atoms with Gasteiger partial charge in [0.1, 0.15) is 5.75 Å². The number of hydrogen-bond donors (Lipinski definition) is 2. The largest absolute Gasteiger partial charge is 0.489 e. The van der Waals surface area contributed by atoms with E-state index in [9.17, 15) is 0 Å². The van der Waals surface area contributed by atoms with Gasteiger partial charge in [0.05, 0.1) is 17.5 Å². The maximum atomic E-state index is 6.12. The molecule has 3 N–H and O–H groups in total. The monoisotopic (exact) mass is 256 g/mol. The molecule has 0 spiro atoms. The lowest BCUT2D eigenvalue weighted by molar-refractivity contribution is 0.244. The standard InChI is InChI=1S/C16H20N2O/c1-11(2)19-15-6-4-5-14(16(15)17)18-13-9-7-12(3)8-10-13/h4-11,18H,17H2,1-3H3. The summed E-state index contributed by atoms with van der Waals surface area (Å²) in [6, 6.07) is 14.0. The van der Waals surface area contributed by atoms with Gasteiger partial charge in [0.15, 0.2) is 0 Å². The van der Waals surface area contributed by atoms with Gasteiger partial charge in [-0.3, -0.25) is 0 Å². The number of nitrogens with one attached hydrogen (secondary N) is 1. The summed E-state index contributed by atoms with van der Waals surface area (Å²) in [6.07, 6.45) is 0.108. The zero-order chi connectivity index (χ0) is 13.8. The number of ether oxygens (including phenoxy) is 1. The summed E-state index contributed by atoms with van der Waals surface area (Å²) in [5.74, 6) is 0.715. The first-order valence-electron chi connectivity index (χ1n) is 6.45. The van der Waals surface area contributed by atoms with E-state index in [1.807, 2.05) is 44.2 Å². The van der Waals surface area contributed by atoms with Crippen molar-refractivity contribution in [2.45, 2.75) is 26.9 Å². The summed E-state index contributed by atoms with van der Waals surface area (Å²) in [5, 5.41) is 3.31. The zero-order valence-electron chi connectivity index (χ0n) is 11.6. The van der Waals surface area contributed by atoms with Gasteiger partial charge in [0, 0.05) is 5.69 Å². The number of anilines is 3. The van der Waals surface area contributed by atoms with Crippen LogP contribution in [0.5, 0.6) is 5.75 Å². The average Bonchev–Trinajstić information content (AvgIpc) is 2.36. The van der Waals surface area contributed by atoms with E-state index in [2.05, 4.69) is 24.4 Å². The first-order valence-corrected chi connectivity index (χ1v) is 6.45.